The van der Waals surface area contributed by atoms with Crippen LogP contribution in [-0.2, 0) is 0 Å². The summed E-state index contributed by atoms with van der Waals surface area (Å²) in [4.78, 5) is 2.41. The third kappa shape index (κ3) is 3.38. The first-order chi connectivity index (χ1) is 10.1. The van der Waals surface area contributed by atoms with E-state index < -0.39 is 0 Å². The van der Waals surface area contributed by atoms with Gasteiger partial charge in [0.1, 0.15) is 11.5 Å². The van der Waals surface area contributed by atoms with E-state index in [0.29, 0.717) is 22.9 Å². The Bertz CT molecular complexity index is 482. The molecule has 1 heterocycles. The summed E-state index contributed by atoms with van der Waals surface area (Å²) < 4.78 is 10.8. The Morgan fingerprint density at radius 2 is 1.90 bits per heavy atom. The molecule has 2 unspecified atom stereocenters. The van der Waals surface area contributed by atoms with E-state index in [1.165, 1.54) is 0 Å². The van der Waals surface area contributed by atoms with Gasteiger partial charge in [0.15, 0.2) is 0 Å². The first-order valence-electron chi connectivity index (χ1n) is 7.56. The Morgan fingerprint density at radius 3 is 2.48 bits per heavy atom. The summed E-state index contributed by atoms with van der Waals surface area (Å²) in [6.45, 7) is 6.37. The lowest BCUT2D eigenvalue weighted by molar-refractivity contribution is 0.366. The lowest BCUT2D eigenvalue weighted by Crippen LogP contribution is -2.56. The summed E-state index contributed by atoms with van der Waals surface area (Å²) in [6, 6.07) is 4.78. The maximum absolute atomic E-state index is 6.32. The Kier molecular flexibility index (Phi) is 5.59. The van der Waals surface area contributed by atoms with Gasteiger partial charge < -0.3 is 19.7 Å². The number of nitrogens with one attached hydrogen (secondary N) is 1. The van der Waals surface area contributed by atoms with Crippen LogP contribution in [0.3, 0.4) is 0 Å². The van der Waals surface area contributed by atoms with Gasteiger partial charge in [0.05, 0.1) is 24.9 Å². The Labute approximate surface area is 132 Å². The first-order valence-corrected chi connectivity index (χ1v) is 7.93. The molecule has 0 saturated carbocycles. The highest BCUT2D eigenvalue weighted by molar-refractivity contribution is 6.32. The van der Waals surface area contributed by atoms with E-state index in [4.69, 9.17) is 21.1 Å². The summed E-state index contributed by atoms with van der Waals surface area (Å²) in [5, 5.41) is 4.22. The minimum atomic E-state index is 0.450. The van der Waals surface area contributed by atoms with Crippen LogP contribution < -0.4 is 19.7 Å². The number of ether oxygens (including phenoxy) is 2. The number of piperazine rings is 1. The Morgan fingerprint density at radius 1 is 1.19 bits per heavy atom. The van der Waals surface area contributed by atoms with E-state index in [9.17, 15) is 0 Å². The van der Waals surface area contributed by atoms with Crippen LogP contribution >= 0.6 is 11.6 Å². The van der Waals surface area contributed by atoms with Gasteiger partial charge in [-0.15, -0.1) is 0 Å². The van der Waals surface area contributed by atoms with Crippen molar-refractivity contribution < 1.29 is 9.47 Å². The number of methoxy groups -OCH3 is 2. The fraction of sp³-hybridized carbons (Fsp3) is 0.625. The van der Waals surface area contributed by atoms with Gasteiger partial charge in [0.25, 0.3) is 0 Å². The van der Waals surface area contributed by atoms with Crippen molar-refractivity contribution >= 4 is 17.3 Å². The second-order valence-corrected chi connectivity index (χ2v) is 5.79. The van der Waals surface area contributed by atoms with Crippen molar-refractivity contribution in [1.29, 1.82) is 0 Å². The highest BCUT2D eigenvalue weighted by Crippen LogP contribution is 2.39. The van der Waals surface area contributed by atoms with Gasteiger partial charge in [-0.1, -0.05) is 25.4 Å². The quantitative estimate of drug-likeness (QED) is 0.904. The zero-order chi connectivity index (χ0) is 15.4. The van der Waals surface area contributed by atoms with Crippen molar-refractivity contribution in [2.75, 3.05) is 32.2 Å². The summed E-state index contributed by atoms with van der Waals surface area (Å²) in [5.41, 5.74) is 1.05. The predicted octanol–water partition coefficient (Wildman–Crippen LogP) is 3.32. The van der Waals surface area contributed by atoms with Crippen LogP contribution in [0.2, 0.25) is 5.02 Å². The zero-order valence-corrected chi connectivity index (χ0v) is 14.0. The van der Waals surface area contributed by atoms with Gasteiger partial charge in [-0.25, -0.2) is 0 Å². The van der Waals surface area contributed by atoms with Crippen LogP contribution in [0.25, 0.3) is 0 Å². The molecular formula is C16H25ClN2O2. The van der Waals surface area contributed by atoms with E-state index in [-0.39, 0.29) is 0 Å². The molecule has 2 atom stereocenters. The van der Waals surface area contributed by atoms with Gasteiger partial charge in [-0.2, -0.15) is 0 Å². The lowest BCUT2D eigenvalue weighted by atomic mass is 10.0. The number of rotatable bonds is 5. The van der Waals surface area contributed by atoms with Crippen molar-refractivity contribution in [3.05, 3.63) is 17.2 Å². The molecule has 0 amide bonds. The summed E-state index contributed by atoms with van der Waals surface area (Å²) in [6.07, 6.45) is 2.19. The van der Waals surface area contributed by atoms with Crippen LogP contribution in [0, 0.1) is 0 Å². The number of halogens is 1. The molecule has 1 fully saturated rings. The van der Waals surface area contributed by atoms with Crippen molar-refractivity contribution in [1.82, 2.24) is 5.32 Å². The van der Waals surface area contributed by atoms with E-state index >= 15 is 0 Å². The SMILES string of the molecule is CCC1CN(c2cc(Cl)c(OC)cc2OC)C(CC)CN1. The molecule has 0 aliphatic carbocycles. The number of hydrogen-bond donors (Lipinski definition) is 1. The molecule has 5 heteroatoms. The predicted molar refractivity (Wildman–Crippen MR) is 88.1 cm³/mol. The van der Waals surface area contributed by atoms with Crippen molar-refractivity contribution in [3.8, 4) is 11.5 Å². The molecule has 4 nitrogen and oxygen atoms in total. The van der Waals surface area contributed by atoms with Gasteiger partial charge in [-0.3, -0.25) is 0 Å². The largest absolute Gasteiger partial charge is 0.495 e. The minimum Gasteiger partial charge on any atom is -0.495 e. The molecular weight excluding hydrogens is 288 g/mol. The molecule has 1 aromatic carbocycles. The van der Waals surface area contributed by atoms with Crippen LogP contribution in [0.1, 0.15) is 26.7 Å². The second kappa shape index (κ2) is 7.23. The molecule has 1 aliphatic heterocycles. The normalized spacial score (nSPS) is 22.2. The maximum Gasteiger partial charge on any atom is 0.145 e. The van der Waals surface area contributed by atoms with Crippen molar-refractivity contribution in [3.63, 3.8) is 0 Å². The summed E-state index contributed by atoms with van der Waals surface area (Å²) in [5.74, 6) is 1.46. The monoisotopic (exact) mass is 312 g/mol. The molecule has 1 aliphatic rings. The van der Waals surface area contributed by atoms with Crippen LogP contribution in [0.15, 0.2) is 12.1 Å². The van der Waals surface area contributed by atoms with Crippen molar-refractivity contribution in [2.24, 2.45) is 0 Å². The van der Waals surface area contributed by atoms with Gasteiger partial charge in [0, 0.05) is 31.2 Å². The Balaban J connectivity index is 2.39. The molecule has 1 saturated heterocycles. The third-order valence-corrected chi connectivity index (χ3v) is 4.52. The van der Waals surface area contributed by atoms with E-state index in [0.717, 1.165) is 37.4 Å². The first kappa shape index (κ1) is 16.2. The smallest absolute Gasteiger partial charge is 0.145 e. The molecule has 118 valence electrons. The topological polar surface area (TPSA) is 33.7 Å². The maximum atomic E-state index is 6.32. The third-order valence-electron chi connectivity index (χ3n) is 4.23. The summed E-state index contributed by atoms with van der Waals surface area (Å²) >= 11 is 6.32. The van der Waals surface area contributed by atoms with Crippen LogP contribution in [0.4, 0.5) is 5.69 Å². The molecule has 0 radical (unpaired) electrons. The Hall–Kier alpha value is -1.13. The van der Waals surface area contributed by atoms with E-state index in [2.05, 4.69) is 24.1 Å². The van der Waals surface area contributed by atoms with E-state index in [1.807, 2.05) is 12.1 Å². The van der Waals surface area contributed by atoms with Gasteiger partial charge in [0.2, 0.25) is 0 Å². The molecule has 21 heavy (non-hydrogen) atoms. The standard InChI is InChI=1S/C16H25ClN2O2/c1-5-11-10-19(12(6-2)9-18-11)14-7-13(17)15(20-3)8-16(14)21-4/h7-8,11-12,18H,5-6,9-10H2,1-4H3. The molecule has 0 spiro atoms. The minimum absolute atomic E-state index is 0.450. The summed E-state index contributed by atoms with van der Waals surface area (Å²) in [7, 11) is 3.31. The van der Waals surface area contributed by atoms with E-state index in [1.54, 1.807) is 14.2 Å². The number of nitrogens with zero attached hydrogens (tertiary/aromatic N) is 1. The fourth-order valence-corrected chi connectivity index (χ4v) is 3.10. The second-order valence-electron chi connectivity index (χ2n) is 5.39. The van der Waals surface area contributed by atoms with Crippen molar-refractivity contribution in [2.45, 2.75) is 38.8 Å². The highest BCUT2D eigenvalue weighted by atomic mass is 35.5. The molecule has 1 N–H and O–H groups in total. The number of hydrogen-bond acceptors (Lipinski definition) is 4. The van der Waals surface area contributed by atoms with Crippen LogP contribution in [0.5, 0.6) is 11.5 Å². The average molecular weight is 313 g/mol. The van der Waals surface area contributed by atoms with Gasteiger partial charge in [-0.05, 0) is 18.9 Å². The fourth-order valence-electron chi connectivity index (χ4n) is 2.87. The molecule has 1 aromatic rings. The lowest BCUT2D eigenvalue weighted by Gasteiger charge is -2.42. The average Bonchev–Trinajstić information content (AvgIpc) is 2.53. The van der Waals surface area contributed by atoms with Gasteiger partial charge >= 0.3 is 0 Å². The highest BCUT2D eigenvalue weighted by Gasteiger charge is 2.28. The van der Waals surface area contributed by atoms with Crippen LogP contribution in [-0.4, -0.2) is 39.4 Å². The molecule has 0 bridgehead atoms. The zero-order valence-electron chi connectivity index (χ0n) is 13.3. The molecule has 2 rings (SSSR count). The number of benzene rings is 1. The molecule has 0 aromatic heterocycles. The number of anilines is 1.